The Bertz CT molecular complexity index is 758. The van der Waals surface area contributed by atoms with Gasteiger partial charge in [-0.1, -0.05) is 17.7 Å². The summed E-state index contributed by atoms with van der Waals surface area (Å²) >= 11 is 1.49. The van der Waals surface area contributed by atoms with Gasteiger partial charge in [-0.2, -0.15) is 17.0 Å². The Morgan fingerprint density at radius 1 is 1.43 bits per heavy atom. The van der Waals surface area contributed by atoms with E-state index in [0.29, 0.717) is 12.4 Å². The largest absolute Gasteiger partial charge is 0.494 e. The van der Waals surface area contributed by atoms with Crippen LogP contribution in [0.25, 0.3) is 0 Å². The predicted octanol–water partition coefficient (Wildman–Crippen LogP) is 2.77. The maximum atomic E-state index is 12.3. The first-order valence-electron chi connectivity index (χ1n) is 8.96. The second-order valence-electron chi connectivity index (χ2n) is 6.18. The van der Waals surface area contributed by atoms with Crippen molar-refractivity contribution in [2.24, 2.45) is 0 Å². The van der Waals surface area contributed by atoms with Gasteiger partial charge < -0.3 is 20.5 Å². The summed E-state index contributed by atoms with van der Waals surface area (Å²) in [5.41, 5.74) is 1.78. The number of amides is 1. The predicted molar refractivity (Wildman–Crippen MR) is 110 cm³/mol. The van der Waals surface area contributed by atoms with Crippen LogP contribution in [0.3, 0.4) is 0 Å². The zero-order valence-corrected chi connectivity index (χ0v) is 17.4. The number of aryl methyl sites for hydroxylation is 1. The number of carboxylic acid groups (broad SMARTS) is 1. The number of hydrogen-bond donors (Lipinski definition) is 3. The molecule has 0 spiro atoms. The minimum Gasteiger partial charge on any atom is -0.494 e. The smallest absolute Gasteiger partial charge is 0.326 e. The number of carbonyl (C=O) groups excluding carboxylic acids is 1. The first-order valence-corrected chi connectivity index (χ1v) is 10.4. The molecule has 0 aliphatic rings. The fourth-order valence-corrected chi connectivity index (χ4v) is 2.94. The molecule has 1 rings (SSSR count). The molecule has 7 nitrogen and oxygen atoms in total. The molecule has 0 saturated carbocycles. The monoisotopic (exact) mass is 405 g/mol. The maximum Gasteiger partial charge on any atom is 0.326 e. The average Bonchev–Trinajstić information content (AvgIpc) is 2.66. The Kier molecular flexibility index (Phi) is 9.96. The molecule has 0 saturated heterocycles. The summed E-state index contributed by atoms with van der Waals surface area (Å²) in [6.07, 6.45) is 3.45. The van der Waals surface area contributed by atoms with Crippen LogP contribution in [0.2, 0.25) is 0 Å². The third-order valence-electron chi connectivity index (χ3n) is 3.99. The van der Waals surface area contributed by atoms with Gasteiger partial charge in [0.2, 0.25) is 0 Å². The van der Waals surface area contributed by atoms with Gasteiger partial charge in [0.1, 0.15) is 23.4 Å². The van der Waals surface area contributed by atoms with Crippen LogP contribution in [0.15, 0.2) is 30.0 Å². The van der Waals surface area contributed by atoms with Crippen LogP contribution >= 0.6 is 11.8 Å². The van der Waals surface area contributed by atoms with Crippen molar-refractivity contribution >= 4 is 23.6 Å². The van der Waals surface area contributed by atoms with Gasteiger partial charge >= 0.3 is 5.97 Å². The number of thioether (sulfide) groups is 1. The highest BCUT2D eigenvalue weighted by atomic mass is 32.2. The molecular formula is C20H27N3O4S. The van der Waals surface area contributed by atoms with Crippen LogP contribution in [-0.4, -0.2) is 41.6 Å². The molecule has 0 aliphatic heterocycles. The molecule has 152 valence electrons. The van der Waals surface area contributed by atoms with Crippen molar-refractivity contribution in [3.05, 3.63) is 41.1 Å². The summed E-state index contributed by atoms with van der Waals surface area (Å²) in [6.45, 7) is 6.28. The summed E-state index contributed by atoms with van der Waals surface area (Å²) < 4.78 is 5.64. The van der Waals surface area contributed by atoms with Crippen molar-refractivity contribution in [1.82, 2.24) is 10.6 Å². The van der Waals surface area contributed by atoms with Gasteiger partial charge in [0, 0.05) is 11.8 Å². The van der Waals surface area contributed by atoms with E-state index in [0.717, 1.165) is 16.9 Å². The van der Waals surface area contributed by atoms with E-state index >= 15 is 0 Å². The van der Waals surface area contributed by atoms with Crippen LogP contribution in [-0.2, 0) is 9.59 Å². The summed E-state index contributed by atoms with van der Waals surface area (Å²) in [6, 6.07) is 6.38. The lowest BCUT2D eigenvalue weighted by molar-refractivity contribution is -0.141. The summed E-state index contributed by atoms with van der Waals surface area (Å²) in [5.74, 6) is -0.523. The fraction of sp³-hybridized carbons (Fsp3) is 0.450. The van der Waals surface area contributed by atoms with Gasteiger partial charge in [0.15, 0.2) is 0 Å². The molecule has 0 heterocycles. The van der Waals surface area contributed by atoms with Gasteiger partial charge in [-0.3, -0.25) is 4.79 Å². The molecule has 0 aromatic heterocycles. The normalized spacial score (nSPS) is 13.2. The third-order valence-corrected chi connectivity index (χ3v) is 4.63. The van der Waals surface area contributed by atoms with Crippen molar-refractivity contribution in [2.45, 2.75) is 39.3 Å². The molecule has 2 atom stereocenters. The number of nitrogens with zero attached hydrogens (tertiary/aromatic N) is 1. The maximum absolute atomic E-state index is 12.3. The van der Waals surface area contributed by atoms with Gasteiger partial charge in [-0.25, -0.2) is 4.79 Å². The number of rotatable bonds is 11. The molecule has 0 fully saturated rings. The summed E-state index contributed by atoms with van der Waals surface area (Å²) in [5, 5.41) is 23.9. The highest BCUT2D eigenvalue weighted by molar-refractivity contribution is 7.98. The van der Waals surface area contributed by atoms with Crippen LogP contribution in [0.4, 0.5) is 0 Å². The van der Waals surface area contributed by atoms with E-state index in [1.54, 1.807) is 0 Å². The Hall–Kier alpha value is -2.66. The highest BCUT2D eigenvalue weighted by Gasteiger charge is 2.21. The number of aliphatic carboxylic acids is 1. The van der Waals surface area contributed by atoms with Crippen molar-refractivity contribution < 1.29 is 19.4 Å². The van der Waals surface area contributed by atoms with E-state index in [1.165, 1.54) is 18.0 Å². The molecule has 8 heteroatoms. The minimum absolute atomic E-state index is 0.187. The Labute approximate surface area is 170 Å². The Morgan fingerprint density at radius 2 is 2.14 bits per heavy atom. The highest BCUT2D eigenvalue weighted by Crippen LogP contribution is 2.26. The van der Waals surface area contributed by atoms with E-state index < -0.39 is 17.9 Å². The Morgan fingerprint density at radius 3 is 2.71 bits per heavy atom. The number of carboxylic acids is 1. The molecule has 0 bridgehead atoms. The zero-order valence-electron chi connectivity index (χ0n) is 16.6. The molecule has 1 aromatic rings. The first kappa shape index (κ1) is 23.4. The molecule has 0 aliphatic carbocycles. The lowest BCUT2D eigenvalue weighted by Crippen LogP contribution is -2.42. The fourth-order valence-electron chi connectivity index (χ4n) is 2.47. The SMILES string of the molecule is CCOc1ccc(C)cc1C(C)N/C=C(/C#N)C(=O)NC(CCSC)C(=O)O. The lowest BCUT2D eigenvalue weighted by atomic mass is 10.0. The standard InChI is InChI=1S/C20H27N3O4S/c1-5-27-18-7-6-13(2)10-16(18)14(3)22-12-15(11-21)19(24)23-17(20(25)26)8-9-28-4/h6-7,10,12,14,17,22H,5,8-9H2,1-4H3,(H,23,24)(H,25,26)/b15-12-. The van der Waals surface area contributed by atoms with Crippen LogP contribution in [0, 0.1) is 18.3 Å². The van der Waals surface area contributed by atoms with E-state index in [1.807, 2.05) is 51.3 Å². The number of carbonyl (C=O) groups is 2. The summed E-state index contributed by atoms with van der Waals surface area (Å²) in [4.78, 5) is 23.6. The lowest BCUT2D eigenvalue weighted by Gasteiger charge is -2.18. The zero-order chi connectivity index (χ0) is 21.1. The topological polar surface area (TPSA) is 111 Å². The van der Waals surface area contributed by atoms with Crippen molar-refractivity contribution in [1.29, 1.82) is 5.26 Å². The van der Waals surface area contributed by atoms with Gasteiger partial charge in [0.25, 0.3) is 5.91 Å². The average molecular weight is 406 g/mol. The summed E-state index contributed by atoms with van der Waals surface area (Å²) in [7, 11) is 0. The number of nitriles is 1. The van der Waals surface area contributed by atoms with Crippen LogP contribution in [0.5, 0.6) is 5.75 Å². The van der Waals surface area contributed by atoms with Gasteiger partial charge in [-0.15, -0.1) is 0 Å². The van der Waals surface area contributed by atoms with E-state index in [2.05, 4.69) is 10.6 Å². The number of hydrogen-bond acceptors (Lipinski definition) is 6. The van der Waals surface area contributed by atoms with Crippen LogP contribution in [0.1, 0.15) is 37.4 Å². The molecule has 1 aromatic carbocycles. The number of nitrogens with one attached hydrogen (secondary N) is 2. The van der Waals surface area contributed by atoms with E-state index in [-0.39, 0.29) is 18.0 Å². The van der Waals surface area contributed by atoms with Crippen molar-refractivity contribution in [3.8, 4) is 11.8 Å². The number of benzene rings is 1. The molecular weight excluding hydrogens is 378 g/mol. The second-order valence-corrected chi connectivity index (χ2v) is 7.16. The minimum atomic E-state index is -1.12. The van der Waals surface area contributed by atoms with E-state index in [9.17, 15) is 20.0 Å². The van der Waals surface area contributed by atoms with Gasteiger partial charge in [-0.05, 0) is 45.3 Å². The molecule has 1 amide bonds. The van der Waals surface area contributed by atoms with Gasteiger partial charge in [0.05, 0.1) is 12.6 Å². The molecule has 3 N–H and O–H groups in total. The Balaban J connectivity index is 2.90. The number of ether oxygens (including phenoxy) is 1. The van der Waals surface area contributed by atoms with Crippen molar-refractivity contribution in [3.63, 3.8) is 0 Å². The first-order chi connectivity index (χ1) is 13.3. The molecule has 2 unspecified atom stereocenters. The third kappa shape index (κ3) is 7.16. The quantitative estimate of drug-likeness (QED) is 0.383. The molecule has 0 radical (unpaired) electrons. The van der Waals surface area contributed by atoms with Crippen LogP contribution < -0.4 is 15.4 Å². The second kappa shape index (κ2) is 11.9. The van der Waals surface area contributed by atoms with Crippen molar-refractivity contribution in [2.75, 3.05) is 18.6 Å². The molecule has 28 heavy (non-hydrogen) atoms. The van der Waals surface area contributed by atoms with E-state index in [4.69, 9.17) is 4.74 Å².